The number of hydrogen-bond donors (Lipinski definition) is 1. The number of likely N-dealkylation sites (tertiary alicyclic amines) is 2. The second-order valence-electron chi connectivity index (χ2n) is 8.54. The number of piperidine rings is 1. The van der Waals surface area contributed by atoms with Gasteiger partial charge in [-0.1, -0.05) is 6.07 Å². The van der Waals surface area contributed by atoms with Crippen LogP contribution in [0.4, 0.5) is 13.2 Å². The second-order valence-corrected chi connectivity index (χ2v) is 8.54. The molecule has 1 aromatic heterocycles. The number of halogens is 3. The SMILES string of the molecule is O=C(CC(F)(F)F)N1C[C@@H]2C[C@H](C1)c1ccc(CN3CCC[C@H]3CO)c(=O)n1C2. The van der Waals surface area contributed by atoms with Crippen LogP contribution in [0, 0.1) is 5.92 Å². The highest BCUT2D eigenvalue weighted by molar-refractivity contribution is 5.77. The number of nitrogens with zero attached hydrogens (tertiary/aromatic N) is 3. The molecule has 0 aromatic carbocycles. The summed E-state index contributed by atoms with van der Waals surface area (Å²) in [7, 11) is 0. The van der Waals surface area contributed by atoms with Crippen molar-refractivity contribution in [2.24, 2.45) is 5.92 Å². The number of rotatable bonds is 4. The third-order valence-corrected chi connectivity index (χ3v) is 6.47. The van der Waals surface area contributed by atoms with Crippen molar-refractivity contribution in [2.45, 2.75) is 56.9 Å². The number of carbonyl (C=O) groups excluding carboxylic acids is 1. The molecule has 9 heteroatoms. The fourth-order valence-corrected chi connectivity index (χ4v) is 5.13. The largest absolute Gasteiger partial charge is 0.397 e. The standard InChI is InChI=1S/C20H26F3N3O3/c21-20(22,23)7-18(28)25-8-13-6-15(11-25)17-4-3-14(19(29)26(17)9-13)10-24-5-1-2-16(24)12-27/h3-4,13,15-16,27H,1-2,5-12H2/t13-,15+,16-/m0/s1. The van der Waals surface area contributed by atoms with E-state index in [2.05, 4.69) is 4.90 Å². The van der Waals surface area contributed by atoms with Gasteiger partial charge in [0.05, 0.1) is 6.61 Å². The number of carbonyl (C=O) groups is 1. The normalized spacial score (nSPS) is 27.2. The first-order chi connectivity index (χ1) is 13.7. The summed E-state index contributed by atoms with van der Waals surface area (Å²) >= 11 is 0. The van der Waals surface area contributed by atoms with E-state index in [4.69, 9.17) is 0 Å². The van der Waals surface area contributed by atoms with Crippen LogP contribution in [0.25, 0.3) is 0 Å². The molecular weight excluding hydrogens is 387 g/mol. The minimum atomic E-state index is -4.50. The highest BCUT2D eigenvalue weighted by Gasteiger charge is 2.40. The van der Waals surface area contributed by atoms with Crippen LogP contribution >= 0.6 is 0 Å². The van der Waals surface area contributed by atoms with E-state index < -0.39 is 18.5 Å². The van der Waals surface area contributed by atoms with E-state index in [1.807, 2.05) is 6.07 Å². The Morgan fingerprint density at radius 3 is 2.72 bits per heavy atom. The molecule has 160 valence electrons. The molecule has 3 aliphatic rings. The van der Waals surface area contributed by atoms with Crippen LogP contribution in [-0.4, -0.2) is 63.8 Å². The summed E-state index contributed by atoms with van der Waals surface area (Å²) in [6, 6.07) is 3.78. The first kappa shape index (κ1) is 20.4. The van der Waals surface area contributed by atoms with E-state index in [1.165, 1.54) is 4.90 Å². The summed E-state index contributed by atoms with van der Waals surface area (Å²) < 4.78 is 39.5. The highest BCUT2D eigenvalue weighted by atomic mass is 19.4. The maximum absolute atomic E-state index is 13.1. The number of pyridine rings is 1. The minimum Gasteiger partial charge on any atom is -0.395 e. The average Bonchev–Trinajstić information content (AvgIpc) is 3.10. The summed E-state index contributed by atoms with van der Waals surface area (Å²) in [5.41, 5.74) is 1.43. The van der Waals surface area contributed by atoms with E-state index in [0.29, 0.717) is 18.7 Å². The zero-order valence-electron chi connectivity index (χ0n) is 16.2. The summed E-state index contributed by atoms with van der Waals surface area (Å²) in [4.78, 5) is 28.6. The number of aromatic nitrogens is 1. The van der Waals surface area contributed by atoms with Crippen molar-refractivity contribution in [3.05, 3.63) is 33.7 Å². The lowest BCUT2D eigenvalue weighted by Crippen LogP contribution is -2.50. The molecule has 2 bridgehead atoms. The van der Waals surface area contributed by atoms with Crippen molar-refractivity contribution in [3.8, 4) is 0 Å². The molecule has 1 N–H and O–H groups in total. The lowest BCUT2D eigenvalue weighted by Gasteiger charge is -2.43. The number of alkyl halides is 3. The molecule has 3 atom stereocenters. The lowest BCUT2D eigenvalue weighted by atomic mass is 9.83. The Labute approximate surface area is 166 Å². The van der Waals surface area contributed by atoms with Gasteiger partial charge in [0.15, 0.2) is 0 Å². The zero-order chi connectivity index (χ0) is 20.8. The van der Waals surface area contributed by atoms with Crippen LogP contribution < -0.4 is 5.56 Å². The molecule has 6 nitrogen and oxygen atoms in total. The van der Waals surface area contributed by atoms with Gasteiger partial charge in [-0.15, -0.1) is 0 Å². The minimum absolute atomic E-state index is 0.0108. The van der Waals surface area contributed by atoms with Gasteiger partial charge in [0.25, 0.3) is 5.56 Å². The molecule has 0 spiro atoms. The number of amides is 1. The van der Waals surface area contributed by atoms with E-state index >= 15 is 0 Å². The van der Waals surface area contributed by atoms with Crippen LogP contribution in [0.3, 0.4) is 0 Å². The van der Waals surface area contributed by atoms with Crippen LogP contribution in [0.5, 0.6) is 0 Å². The van der Waals surface area contributed by atoms with Gasteiger partial charge in [0.2, 0.25) is 5.91 Å². The first-order valence-electron chi connectivity index (χ1n) is 10.2. The topological polar surface area (TPSA) is 65.8 Å². The molecule has 3 aliphatic heterocycles. The van der Waals surface area contributed by atoms with Crippen LogP contribution in [0.2, 0.25) is 0 Å². The Bertz CT molecular complexity index is 838. The fourth-order valence-electron chi connectivity index (χ4n) is 5.13. The molecule has 4 rings (SSSR count). The zero-order valence-corrected chi connectivity index (χ0v) is 16.2. The molecule has 2 fully saturated rings. The molecular formula is C20H26F3N3O3. The Morgan fingerprint density at radius 1 is 1.21 bits per heavy atom. The fraction of sp³-hybridized carbons (Fsp3) is 0.700. The van der Waals surface area contributed by atoms with Crippen molar-refractivity contribution >= 4 is 5.91 Å². The van der Waals surface area contributed by atoms with Gasteiger partial charge < -0.3 is 14.6 Å². The molecule has 2 saturated heterocycles. The van der Waals surface area contributed by atoms with Gasteiger partial charge in [-0.2, -0.15) is 13.2 Å². The maximum Gasteiger partial charge on any atom is 0.397 e. The Kier molecular flexibility index (Phi) is 5.46. The average molecular weight is 413 g/mol. The number of aliphatic hydroxyl groups is 1. The second kappa shape index (κ2) is 7.75. The third-order valence-electron chi connectivity index (χ3n) is 6.47. The predicted molar refractivity (Wildman–Crippen MR) is 99.3 cm³/mol. The van der Waals surface area contributed by atoms with Crippen LogP contribution in [-0.2, 0) is 17.9 Å². The van der Waals surface area contributed by atoms with Gasteiger partial charge in [0.1, 0.15) is 6.42 Å². The summed E-state index contributed by atoms with van der Waals surface area (Å²) in [6.45, 7) is 2.35. The van der Waals surface area contributed by atoms with E-state index in [0.717, 1.165) is 31.5 Å². The van der Waals surface area contributed by atoms with Gasteiger partial charge >= 0.3 is 6.18 Å². The Hall–Kier alpha value is -1.87. The quantitative estimate of drug-likeness (QED) is 0.816. The monoisotopic (exact) mass is 413 g/mol. The molecule has 0 radical (unpaired) electrons. The summed E-state index contributed by atoms with van der Waals surface area (Å²) in [6.07, 6.45) is -3.22. The number of aliphatic hydroxyl groups excluding tert-OH is 1. The molecule has 1 aromatic rings. The van der Waals surface area contributed by atoms with Gasteiger partial charge in [-0.05, 0) is 37.8 Å². The molecule has 0 aliphatic carbocycles. The molecule has 29 heavy (non-hydrogen) atoms. The highest BCUT2D eigenvalue weighted by Crippen LogP contribution is 2.36. The Balaban J connectivity index is 1.53. The smallest absolute Gasteiger partial charge is 0.395 e. The molecule has 4 heterocycles. The number of hydrogen-bond acceptors (Lipinski definition) is 4. The molecule has 0 unspecified atom stereocenters. The van der Waals surface area contributed by atoms with Crippen LogP contribution in [0.1, 0.15) is 42.9 Å². The van der Waals surface area contributed by atoms with Gasteiger partial charge in [0, 0.05) is 49.4 Å². The lowest BCUT2D eigenvalue weighted by molar-refractivity contribution is -0.163. The number of fused-ring (bicyclic) bond motifs is 4. The van der Waals surface area contributed by atoms with E-state index in [-0.39, 0.29) is 43.1 Å². The summed E-state index contributed by atoms with van der Waals surface area (Å²) in [5, 5.41) is 9.50. The van der Waals surface area contributed by atoms with Crippen molar-refractivity contribution in [2.75, 3.05) is 26.2 Å². The predicted octanol–water partition coefficient (Wildman–Crippen LogP) is 1.70. The van der Waals surface area contributed by atoms with E-state index in [9.17, 15) is 27.9 Å². The van der Waals surface area contributed by atoms with E-state index in [1.54, 1.807) is 10.6 Å². The first-order valence-corrected chi connectivity index (χ1v) is 10.2. The third kappa shape index (κ3) is 4.21. The maximum atomic E-state index is 13.1. The molecule has 0 saturated carbocycles. The van der Waals surface area contributed by atoms with Crippen molar-refractivity contribution in [1.29, 1.82) is 0 Å². The van der Waals surface area contributed by atoms with Gasteiger partial charge in [-0.25, -0.2) is 0 Å². The molecule has 1 amide bonds. The van der Waals surface area contributed by atoms with Crippen molar-refractivity contribution in [3.63, 3.8) is 0 Å². The van der Waals surface area contributed by atoms with Gasteiger partial charge in [-0.3, -0.25) is 14.5 Å². The van der Waals surface area contributed by atoms with Crippen LogP contribution in [0.15, 0.2) is 16.9 Å². The van der Waals surface area contributed by atoms with Crippen molar-refractivity contribution in [1.82, 2.24) is 14.4 Å². The summed E-state index contributed by atoms with van der Waals surface area (Å²) in [5.74, 6) is -1.01. The van der Waals surface area contributed by atoms with Crippen molar-refractivity contribution < 1.29 is 23.1 Å². The Morgan fingerprint density at radius 2 is 2.00 bits per heavy atom.